The van der Waals surface area contributed by atoms with Crippen LogP contribution in [0.5, 0.6) is 0 Å². The minimum atomic E-state index is -4.52. The van der Waals surface area contributed by atoms with Gasteiger partial charge in [0.2, 0.25) is 0 Å². The van der Waals surface area contributed by atoms with Gasteiger partial charge in [-0.1, -0.05) is 33.6 Å². The van der Waals surface area contributed by atoms with E-state index in [4.69, 9.17) is 4.42 Å². The van der Waals surface area contributed by atoms with Gasteiger partial charge in [-0.2, -0.15) is 18.4 Å². The van der Waals surface area contributed by atoms with E-state index in [0.717, 1.165) is 31.7 Å². The van der Waals surface area contributed by atoms with Crippen molar-refractivity contribution >= 4 is 11.1 Å². The van der Waals surface area contributed by atoms with E-state index in [2.05, 4.69) is 16.0 Å². The highest BCUT2D eigenvalue weighted by Gasteiger charge is 2.37. The van der Waals surface area contributed by atoms with Gasteiger partial charge >= 0.3 is 6.18 Å². The molecule has 0 saturated heterocycles. The Morgan fingerprint density at radius 1 is 1.29 bits per heavy atom. The van der Waals surface area contributed by atoms with Crippen molar-refractivity contribution in [2.45, 2.75) is 65.1 Å². The van der Waals surface area contributed by atoms with E-state index in [1.165, 1.54) is 0 Å². The van der Waals surface area contributed by atoms with Crippen molar-refractivity contribution in [2.75, 3.05) is 13.1 Å². The van der Waals surface area contributed by atoms with Gasteiger partial charge in [0.1, 0.15) is 11.1 Å². The first-order valence-corrected chi connectivity index (χ1v) is 9.81. The molecule has 0 radical (unpaired) electrons. The van der Waals surface area contributed by atoms with E-state index in [1.54, 1.807) is 6.07 Å². The molecule has 1 saturated carbocycles. The number of fused-ring (bicyclic) bond motifs is 1. The van der Waals surface area contributed by atoms with Crippen molar-refractivity contribution < 1.29 is 17.6 Å². The first kappa shape index (κ1) is 20.7. The van der Waals surface area contributed by atoms with Crippen molar-refractivity contribution in [2.24, 2.45) is 5.41 Å². The van der Waals surface area contributed by atoms with Crippen molar-refractivity contribution in [1.29, 1.82) is 5.26 Å². The number of nitriles is 1. The van der Waals surface area contributed by atoms with Gasteiger partial charge in [0.05, 0.1) is 11.5 Å². The van der Waals surface area contributed by atoms with E-state index in [0.29, 0.717) is 31.1 Å². The van der Waals surface area contributed by atoms with Crippen LogP contribution in [0.3, 0.4) is 0 Å². The summed E-state index contributed by atoms with van der Waals surface area (Å²) in [5, 5.41) is 9.63. The van der Waals surface area contributed by atoms with Crippen LogP contribution in [-0.4, -0.2) is 23.0 Å². The van der Waals surface area contributed by atoms with Crippen LogP contribution in [-0.2, 0) is 12.7 Å². The molecule has 1 aromatic heterocycles. The van der Waals surface area contributed by atoms with Crippen LogP contribution >= 0.6 is 0 Å². The smallest absolute Gasteiger partial charge is 0.420 e. The third kappa shape index (κ3) is 4.17. The minimum absolute atomic E-state index is 0.0954. The summed E-state index contributed by atoms with van der Waals surface area (Å²) in [6.07, 6.45) is -0.738. The molecule has 28 heavy (non-hydrogen) atoms. The Hall–Kier alpha value is -2.07. The van der Waals surface area contributed by atoms with Gasteiger partial charge in [-0.3, -0.25) is 4.90 Å². The molecule has 4 nitrogen and oxygen atoms in total. The molecule has 152 valence electrons. The molecule has 1 aromatic carbocycles. The summed E-state index contributed by atoms with van der Waals surface area (Å²) in [4.78, 5) is 6.33. The van der Waals surface area contributed by atoms with Gasteiger partial charge in [-0.05, 0) is 37.1 Å². The molecule has 1 fully saturated rings. The standard InChI is InChI=1S/C21H26F3N3O/c1-4-27(13-20(12-25)7-5-6-8-20)11-15-9-16(21(22,23)24)18-17(10-15)26-19(28-18)14(2)3/h9-10,14H,4-8,11,13H2,1-3H3. The van der Waals surface area contributed by atoms with Crippen LogP contribution in [0, 0.1) is 16.7 Å². The van der Waals surface area contributed by atoms with Crippen molar-refractivity contribution in [3.8, 4) is 6.07 Å². The summed E-state index contributed by atoms with van der Waals surface area (Å²) in [6.45, 7) is 7.23. The summed E-state index contributed by atoms with van der Waals surface area (Å²) in [6, 6.07) is 5.30. The van der Waals surface area contributed by atoms with Crippen molar-refractivity contribution in [3.05, 3.63) is 29.2 Å². The summed E-state index contributed by atoms with van der Waals surface area (Å²) < 4.78 is 46.3. The number of benzene rings is 1. The highest BCUT2D eigenvalue weighted by Crippen LogP contribution is 2.39. The van der Waals surface area contributed by atoms with Gasteiger partial charge in [-0.25, -0.2) is 4.98 Å². The molecule has 1 heterocycles. The molecule has 1 aliphatic carbocycles. The zero-order chi connectivity index (χ0) is 20.5. The molecule has 0 amide bonds. The van der Waals surface area contributed by atoms with Crippen LogP contribution in [0.1, 0.15) is 69.4 Å². The van der Waals surface area contributed by atoms with Gasteiger partial charge in [-0.15, -0.1) is 0 Å². The lowest BCUT2D eigenvalue weighted by Gasteiger charge is -2.29. The Labute approximate surface area is 163 Å². The average Bonchev–Trinajstić information content (AvgIpc) is 3.27. The largest absolute Gasteiger partial charge is 0.440 e. The van der Waals surface area contributed by atoms with Crippen molar-refractivity contribution in [3.63, 3.8) is 0 Å². The second-order valence-corrected chi connectivity index (χ2v) is 8.10. The number of nitrogens with zero attached hydrogens (tertiary/aromatic N) is 3. The lowest BCUT2D eigenvalue weighted by atomic mass is 9.87. The Morgan fingerprint density at radius 2 is 1.96 bits per heavy atom. The monoisotopic (exact) mass is 393 g/mol. The molecular formula is C21H26F3N3O. The Balaban J connectivity index is 1.94. The maximum absolute atomic E-state index is 13.6. The number of rotatable bonds is 6. The third-order valence-electron chi connectivity index (χ3n) is 5.54. The van der Waals surface area contributed by atoms with E-state index < -0.39 is 11.7 Å². The van der Waals surface area contributed by atoms with Crippen LogP contribution in [0.4, 0.5) is 13.2 Å². The molecule has 7 heteroatoms. The van der Waals surface area contributed by atoms with Crippen LogP contribution in [0.2, 0.25) is 0 Å². The second-order valence-electron chi connectivity index (χ2n) is 8.10. The quantitative estimate of drug-likeness (QED) is 0.615. The zero-order valence-corrected chi connectivity index (χ0v) is 16.6. The topological polar surface area (TPSA) is 53.1 Å². The number of aromatic nitrogens is 1. The number of halogens is 3. The summed E-state index contributed by atoms with van der Waals surface area (Å²) in [7, 11) is 0. The second kappa shape index (κ2) is 7.75. The molecule has 3 rings (SSSR count). The summed E-state index contributed by atoms with van der Waals surface area (Å²) >= 11 is 0. The molecule has 0 spiro atoms. The molecular weight excluding hydrogens is 367 g/mol. The van der Waals surface area contributed by atoms with E-state index in [-0.39, 0.29) is 22.4 Å². The first-order valence-electron chi connectivity index (χ1n) is 9.81. The lowest BCUT2D eigenvalue weighted by Crippen LogP contribution is -2.35. The summed E-state index contributed by atoms with van der Waals surface area (Å²) in [5.41, 5.74) is -0.596. The molecule has 0 unspecified atom stereocenters. The fourth-order valence-electron chi connectivity index (χ4n) is 3.98. The fraction of sp³-hybridized carbons (Fsp3) is 0.619. The molecule has 0 N–H and O–H groups in total. The maximum Gasteiger partial charge on any atom is 0.420 e. The zero-order valence-electron chi connectivity index (χ0n) is 16.6. The van der Waals surface area contributed by atoms with Gasteiger partial charge in [0.25, 0.3) is 0 Å². The normalized spacial score (nSPS) is 17.0. The molecule has 0 bridgehead atoms. The van der Waals surface area contributed by atoms with Gasteiger partial charge in [0, 0.05) is 19.0 Å². The lowest BCUT2D eigenvalue weighted by molar-refractivity contribution is -0.136. The summed E-state index contributed by atoms with van der Waals surface area (Å²) in [5.74, 6) is 0.210. The predicted molar refractivity (Wildman–Crippen MR) is 101 cm³/mol. The Bertz CT molecular complexity index is 873. The number of alkyl halides is 3. The van der Waals surface area contributed by atoms with E-state index in [1.807, 2.05) is 20.8 Å². The van der Waals surface area contributed by atoms with E-state index >= 15 is 0 Å². The van der Waals surface area contributed by atoms with Gasteiger partial charge in [0.15, 0.2) is 11.5 Å². The number of hydrogen-bond acceptors (Lipinski definition) is 4. The highest BCUT2D eigenvalue weighted by atomic mass is 19.4. The Morgan fingerprint density at radius 3 is 2.50 bits per heavy atom. The SMILES string of the molecule is CCN(Cc1cc(C(F)(F)F)c2oc(C(C)C)nc2c1)CC1(C#N)CCCC1. The molecule has 0 atom stereocenters. The number of oxazole rings is 1. The minimum Gasteiger partial charge on any atom is -0.440 e. The van der Waals surface area contributed by atoms with Crippen LogP contribution < -0.4 is 0 Å². The highest BCUT2D eigenvalue weighted by molar-refractivity contribution is 5.78. The predicted octanol–water partition coefficient (Wildman–Crippen LogP) is 5.88. The van der Waals surface area contributed by atoms with Crippen molar-refractivity contribution in [1.82, 2.24) is 9.88 Å². The maximum atomic E-state index is 13.6. The fourth-order valence-corrected chi connectivity index (χ4v) is 3.98. The van der Waals surface area contributed by atoms with Crippen LogP contribution in [0.15, 0.2) is 16.5 Å². The molecule has 2 aromatic rings. The molecule has 1 aliphatic rings. The Kier molecular flexibility index (Phi) is 5.72. The van der Waals surface area contributed by atoms with Crippen LogP contribution in [0.25, 0.3) is 11.1 Å². The van der Waals surface area contributed by atoms with E-state index in [9.17, 15) is 18.4 Å². The first-order chi connectivity index (χ1) is 13.2. The molecule has 0 aliphatic heterocycles. The van der Waals surface area contributed by atoms with Gasteiger partial charge < -0.3 is 4.42 Å². The number of hydrogen-bond donors (Lipinski definition) is 0. The average molecular weight is 393 g/mol. The third-order valence-corrected chi connectivity index (χ3v) is 5.54.